The van der Waals surface area contributed by atoms with Crippen LogP contribution in [0.4, 0.5) is 0 Å². The molecule has 0 spiro atoms. The lowest BCUT2D eigenvalue weighted by molar-refractivity contribution is 0.868. The van der Waals surface area contributed by atoms with E-state index in [1.54, 1.807) is 0 Å². The quantitative estimate of drug-likeness (QED) is 0.589. The van der Waals surface area contributed by atoms with Gasteiger partial charge in [0.15, 0.2) is 0 Å². The lowest BCUT2D eigenvalue weighted by Crippen LogP contribution is -1.93. The second kappa shape index (κ2) is 5.33. The molecule has 1 heteroatoms. The molecule has 106 valence electrons. The number of pyridine rings is 1. The van der Waals surface area contributed by atoms with Crippen LogP contribution in [0, 0.1) is 13.8 Å². The van der Waals surface area contributed by atoms with Crippen LogP contribution >= 0.6 is 0 Å². The number of fused-ring (bicyclic) bond motifs is 1. The summed E-state index contributed by atoms with van der Waals surface area (Å²) in [4.78, 5) is 4.69. The highest BCUT2D eigenvalue weighted by atomic mass is 14.7. The molecular formula is C20H21N. The van der Waals surface area contributed by atoms with Gasteiger partial charge in [0.25, 0.3) is 0 Å². The standard InChI is InChI=1S/C20H21N/c1-13(2)16-8-9-18-19(11-16)15(4)12-21-20(18)17-7-5-6-14(3)10-17/h5-13H,1-4H3. The van der Waals surface area contributed by atoms with Crippen LogP contribution in [0.2, 0.25) is 0 Å². The van der Waals surface area contributed by atoms with E-state index in [-0.39, 0.29) is 0 Å². The molecule has 0 aliphatic heterocycles. The van der Waals surface area contributed by atoms with E-state index < -0.39 is 0 Å². The maximum absolute atomic E-state index is 4.69. The average molecular weight is 275 g/mol. The van der Waals surface area contributed by atoms with Crippen molar-refractivity contribution in [1.82, 2.24) is 4.98 Å². The molecule has 0 N–H and O–H groups in total. The normalized spacial score (nSPS) is 11.3. The molecular weight excluding hydrogens is 254 g/mol. The van der Waals surface area contributed by atoms with E-state index in [4.69, 9.17) is 4.98 Å². The molecule has 1 nitrogen and oxygen atoms in total. The Bertz CT molecular complexity index is 800. The first-order chi connectivity index (χ1) is 10.1. The summed E-state index contributed by atoms with van der Waals surface area (Å²) in [6.45, 7) is 8.73. The first-order valence-corrected chi connectivity index (χ1v) is 7.52. The zero-order chi connectivity index (χ0) is 15.0. The highest BCUT2D eigenvalue weighted by Gasteiger charge is 2.09. The van der Waals surface area contributed by atoms with Crippen LogP contribution in [0.3, 0.4) is 0 Å². The lowest BCUT2D eigenvalue weighted by Gasteiger charge is -2.12. The fraction of sp³-hybridized carbons (Fsp3) is 0.250. The molecule has 1 aromatic heterocycles. The molecule has 2 aromatic carbocycles. The maximum atomic E-state index is 4.69. The van der Waals surface area contributed by atoms with Crippen molar-refractivity contribution in [3.8, 4) is 11.3 Å². The third-order valence-electron chi connectivity index (χ3n) is 4.07. The molecule has 21 heavy (non-hydrogen) atoms. The van der Waals surface area contributed by atoms with E-state index in [1.165, 1.54) is 33.0 Å². The van der Waals surface area contributed by atoms with E-state index in [1.807, 2.05) is 6.20 Å². The van der Waals surface area contributed by atoms with Gasteiger partial charge in [0.2, 0.25) is 0 Å². The van der Waals surface area contributed by atoms with Crippen molar-refractivity contribution >= 4 is 10.8 Å². The van der Waals surface area contributed by atoms with Crippen LogP contribution in [-0.4, -0.2) is 4.98 Å². The number of benzene rings is 2. The Kier molecular flexibility index (Phi) is 3.50. The van der Waals surface area contributed by atoms with Gasteiger partial charge in [-0.05, 0) is 42.3 Å². The van der Waals surface area contributed by atoms with Crippen LogP contribution in [0.15, 0.2) is 48.7 Å². The minimum Gasteiger partial charge on any atom is -0.255 e. The van der Waals surface area contributed by atoms with Crippen molar-refractivity contribution in [1.29, 1.82) is 0 Å². The molecule has 0 amide bonds. The van der Waals surface area contributed by atoms with E-state index >= 15 is 0 Å². The highest BCUT2D eigenvalue weighted by molar-refractivity contribution is 5.96. The first kappa shape index (κ1) is 13.8. The van der Waals surface area contributed by atoms with Crippen LogP contribution < -0.4 is 0 Å². The first-order valence-electron chi connectivity index (χ1n) is 7.52. The van der Waals surface area contributed by atoms with Crippen LogP contribution in [0.1, 0.15) is 36.5 Å². The van der Waals surface area contributed by atoms with Crippen molar-refractivity contribution in [3.63, 3.8) is 0 Å². The van der Waals surface area contributed by atoms with Gasteiger partial charge in [-0.3, -0.25) is 4.98 Å². The molecule has 0 bridgehead atoms. The van der Waals surface area contributed by atoms with Gasteiger partial charge in [0.1, 0.15) is 0 Å². The Hall–Kier alpha value is -2.15. The monoisotopic (exact) mass is 275 g/mol. The van der Waals surface area contributed by atoms with Crippen molar-refractivity contribution in [3.05, 3.63) is 65.4 Å². The Morgan fingerprint density at radius 2 is 1.71 bits per heavy atom. The van der Waals surface area contributed by atoms with Gasteiger partial charge in [-0.25, -0.2) is 0 Å². The number of hydrogen-bond donors (Lipinski definition) is 0. The van der Waals surface area contributed by atoms with Gasteiger partial charge < -0.3 is 0 Å². The number of aryl methyl sites for hydroxylation is 2. The van der Waals surface area contributed by atoms with E-state index in [2.05, 4.69) is 70.2 Å². The highest BCUT2D eigenvalue weighted by Crippen LogP contribution is 2.31. The molecule has 0 saturated heterocycles. The van der Waals surface area contributed by atoms with Crippen LogP contribution in [0.5, 0.6) is 0 Å². The summed E-state index contributed by atoms with van der Waals surface area (Å²) in [5.41, 5.74) is 6.16. The van der Waals surface area contributed by atoms with Gasteiger partial charge in [0, 0.05) is 17.1 Å². The fourth-order valence-corrected chi connectivity index (χ4v) is 2.78. The number of nitrogens with zero attached hydrogens (tertiary/aromatic N) is 1. The fourth-order valence-electron chi connectivity index (χ4n) is 2.78. The Morgan fingerprint density at radius 3 is 2.43 bits per heavy atom. The minimum atomic E-state index is 0.546. The summed E-state index contributed by atoms with van der Waals surface area (Å²) in [5.74, 6) is 0.546. The van der Waals surface area contributed by atoms with Crippen molar-refractivity contribution < 1.29 is 0 Å². The predicted octanol–water partition coefficient (Wildman–Crippen LogP) is 5.64. The molecule has 0 atom stereocenters. The summed E-state index contributed by atoms with van der Waals surface area (Å²) >= 11 is 0. The SMILES string of the molecule is Cc1cccc(-c2ncc(C)c3cc(C(C)C)ccc23)c1. The Morgan fingerprint density at radius 1 is 0.905 bits per heavy atom. The summed E-state index contributed by atoms with van der Waals surface area (Å²) in [6.07, 6.45) is 1.99. The molecule has 0 aliphatic carbocycles. The molecule has 1 heterocycles. The molecule has 3 rings (SSSR count). The molecule has 0 aliphatic rings. The summed E-state index contributed by atoms with van der Waals surface area (Å²) < 4.78 is 0. The zero-order valence-corrected chi connectivity index (χ0v) is 13.1. The number of aromatic nitrogens is 1. The Balaban J connectivity index is 2.28. The van der Waals surface area contributed by atoms with Gasteiger partial charge in [-0.15, -0.1) is 0 Å². The van der Waals surface area contributed by atoms with Crippen molar-refractivity contribution in [2.24, 2.45) is 0 Å². The van der Waals surface area contributed by atoms with Crippen LogP contribution in [-0.2, 0) is 0 Å². The van der Waals surface area contributed by atoms with Gasteiger partial charge in [-0.2, -0.15) is 0 Å². The summed E-state index contributed by atoms with van der Waals surface area (Å²) in [7, 11) is 0. The maximum Gasteiger partial charge on any atom is 0.0780 e. The lowest BCUT2D eigenvalue weighted by atomic mass is 9.95. The smallest absolute Gasteiger partial charge is 0.0780 e. The van der Waals surface area contributed by atoms with E-state index in [0.29, 0.717) is 5.92 Å². The third kappa shape index (κ3) is 2.56. The van der Waals surface area contributed by atoms with Gasteiger partial charge in [0.05, 0.1) is 5.69 Å². The predicted molar refractivity (Wildman–Crippen MR) is 90.7 cm³/mol. The second-order valence-corrected chi connectivity index (χ2v) is 6.12. The topological polar surface area (TPSA) is 12.9 Å². The summed E-state index contributed by atoms with van der Waals surface area (Å²) in [6, 6.07) is 15.3. The summed E-state index contributed by atoms with van der Waals surface area (Å²) in [5, 5.41) is 2.55. The number of rotatable bonds is 2. The van der Waals surface area contributed by atoms with E-state index in [0.717, 1.165) is 5.69 Å². The van der Waals surface area contributed by atoms with Gasteiger partial charge in [-0.1, -0.05) is 55.8 Å². The van der Waals surface area contributed by atoms with Gasteiger partial charge >= 0.3 is 0 Å². The second-order valence-electron chi connectivity index (χ2n) is 6.12. The zero-order valence-electron chi connectivity index (χ0n) is 13.1. The van der Waals surface area contributed by atoms with E-state index in [9.17, 15) is 0 Å². The Labute approximate surface area is 126 Å². The molecule has 0 unspecified atom stereocenters. The molecule has 0 saturated carbocycles. The molecule has 0 fully saturated rings. The average Bonchev–Trinajstić information content (AvgIpc) is 2.47. The number of hydrogen-bond acceptors (Lipinski definition) is 1. The van der Waals surface area contributed by atoms with Crippen LogP contribution in [0.25, 0.3) is 22.0 Å². The molecule has 0 radical (unpaired) electrons. The van der Waals surface area contributed by atoms with Crippen molar-refractivity contribution in [2.75, 3.05) is 0 Å². The van der Waals surface area contributed by atoms with Crippen molar-refractivity contribution in [2.45, 2.75) is 33.6 Å². The molecule has 3 aromatic rings. The third-order valence-corrected chi connectivity index (χ3v) is 4.07. The minimum absolute atomic E-state index is 0.546. The largest absolute Gasteiger partial charge is 0.255 e.